The van der Waals surface area contributed by atoms with E-state index in [-0.39, 0.29) is 17.0 Å². The van der Waals surface area contributed by atoms with E-state index in [1.165, 1.54) is 58.2 Å². The number of halogens is 2. The number of aromatic nitrogens is 3. The molecule has 1 amide bonds. The SMILES string of the molecule is CC(C)(C)N1CCC(c2cc3nccc(Oc4ccc(NC(=O)c5nccn(-c6ccc(F)cc6)c5=O)cc4F)c3s2)CC1. The first-order valence-electron chi connectivity index (χ1n) is 14.3. The minimum Gasteiger partial charge on any atom is -0.453 e. The first-order chi connectivity index (χ1) is 21.1. The zero-order chi connectivity index (χ0) is 31.0. The molecule has 2 aromatic carbocycles. The van der Waals surface area contributed by atoms with Crippen LogP contribution >= 0.6 is 11.3 Å². The summed E-state index contributed by atoms with van der Waals surface area (Å²) >= 11 is 1.63. The van der Waals surface area contributed by atoms with Crippen LogP contribution in [0.25, 0.3) is 15.9 Å². The van der Waals surface area contributed by atoms with Crippen molar-refractivity contribution in [1.82, 2.24) is 19.4 Å². The topological polar surface area (TPSA) is 89.3 Å². The van der Waals surface area contributed by atoms with E-state index in [0.29, 0.717) is 17.4 Å². The number of benzene rings is 2. The van der Waals surface area contributed by atoms with Gasteiger partial charge in [0, 0.05) is 52.5 Å². The van der Waals surface area contributed by atoms with Gasteiger partial charge in [0.1, 0.15) is 11.6 Å². The smallest absolute Gasteiger partial charge is 0.286 e. The molecule has 1 aliphatic rings. The number of nitrogens with one attached hydrogen (secondary N) is 1. The monoisotopic (exact) mass is 615 g/mol. The Balaban J connectivity index is 1.17. The molecule has 0 radical (unpaired) electrons. The average Bonchev–Trinajstić information content (AvgIpc) is 3.44. The third-order valence-electron chi connectivity index (χ3n) is 7.81. The van der Waals surface area contributed by atoms with Crippen molar-refractivity contribution in [3.8, 4) is 17.2 Å². The van der Waals surface area contributed by atoms with Crippen LogP contribution in [-0.4, -0.2) is 44.0 Å². The van der Waals surface area contributed by atoms with Gasteiger partial charge in [-0.2, -0.15) is 0 Å². The Morgan fingerprint density at radius 2 is 1.73 bits per heavy atom. The van der Waals surface area contributed by atoms with Crippen LogP contribution in [0.4, 0.5) is 14.5 Å². The third kappa shape index (κ3) is 6.11. The van der Waals surface area contributed by atoms with E-state index in [1.807, 2.05) is 0 Å². The summed E-state index contributed by atoms with van der Waals surface area (Å²) in [4.78, 5) is 38.0. The van der Waals surface area contributed by atoms with Crippen LogP contribution < -0.4 is 15.6 Å². The van der Waals surface area contributed by atoms with E-state index in [0.717, 1.165) is 42.2 Å². The Bertz CT molecular complexity index is 1890. The van der Waals surface area contributed by atoms with Gasteiger partial charge < -0.3 is 10.1 Å². The van der Waals surface area contributed by atoms with Gasteiger partial charge in [0.05, 0.1) is 10.2 Å². The van der Waals surface area contributed by atoms with E-state index in [2.05, 4.69) is 47.0 Å². The molecule has 11 heteroatoms. The molecule has 6 rings (SSSR count). The molecule has 4 heterocycles. The maximum atomic E-state index is 15.2. The molecule has 0 atom stereocenters. The van der Waals surface area contributed by atoms with Crippen LogP contribution in [0.1, 0.15) is 54.9 Å². The van der Waals surface area contributed by atoms with E-state index in [4.69, 9.17) is 4.74 Å². The molecule has 226 valence electrons. The van der Waals surface area contributed by atoms with Crippen molar-refractivity contribution in [2.75, 3.05) is 18.4 Å². The van der Waals surface area contributed by atoms with Crippen molar-refractivity contribution < 1.29 is 18.3 Å². The van der Waals surface area contributed by atoms with E-state index < -0.39 is 28.8 Å². The van der Waals surface area contributed by atoms with Crippen molar-refractivity contribution in [2.45, 2.75) is 45.1 Å². The number of nitrogens with zero attached hydrogens (tertiary/aromatic N) is 4. The highest BCUT2D eigenvalue weighted by Crippen LogP contribution is 2.41. The summed E-state index contributed by atoms with van der Waals surface area (Å²) in [6, 6.07) is 13.1. The number of likely N-dealkylation sites (tertiary alicyclic amines) is 1. The molecule has 0 aliphatic carbocycles. The first kappa shape index (κ1) is 29.6. The third-order valence-corrected chi connectivity index (χ3v) is 9.11. The zero-order valence-corrected chi connectivity index (χ0v) is 25.3. The predicted molar refractivity (Wildman–Crippen MR) is 167 cm³/mol. The highest BCUT2D eigenvalue weighted by molar-refractivity contribution is 7.19. The normalized spacial score (nSPS) is 14.6. The Morgan fingerprint density at radius 1 is 0.977 bits per heavy atom. The number of ether oxygens (including phenoxy) is 1. The molecule has 5 aromatic rings. The number of anilines is 1. The summed E-state index contributed by atoms with van der Waals surface area (Å²) in [5.41, 5.74) is 0.365. The number of rotatable bonds is 6. The van der Waals surface area contributed by atoms with Gasteiger partial charge in [0.25, 0.3) is 11.5 Å². The standard InChI is InChI=1S/C33H31F2N5O3S/c1-33(2,3)39-15-11-20(12-16-39)28-19-25-30(44-28)27(10-13-36-25)43-26-9-6-22(18-24(26)35)38-31(41)29-32(42)40(17-14-37-29)23-7-4-21(34)5-8-23/h4-10,13-14,17-20H,11-12,15-16H2,1-3H3,(H,38,41). The largest absolute Gasteiger partial charge is 0.453 e. The summed E-state index contributed by atoms with van der Waals surface area (Å²) < 4.78 is 36.6. The fourth-order valence-corrected chi connectivity index (χ4v) is 6.63. The van der Waals surface area contributed by atoms with Crippen molar-refractivity contribution in [1.29, 1.82) is 0 Å². The molecule has 8 nitrogen and oxygen atoms in total. The van der Waals surface area contributed by atoms with Gasteiger partial charge in [0.2, 0.25) is 0 Å². The number of pyridine rings is 1. The Morgan fingerprint density at radius 3 is 2.43 bits per heavy atom. The second-order valence-electron chi connectivity index (χ2n) is 11.7. The second kappa shape index (κ2) is 11.9. The van der Waals surface area contributed by atoms with E-state index in [9.17, 15) is 14.0 Å². The quantitative estimate of drug-likeness (QED) is 0.218. The lowest BCUT2D eigenvalue weighted by Crippen LogP contribution is -2.45. The van der Waals surface area contributed by atoms with Gasteiger partial charge in [-0.15, -0.1) is 11.3 Å². The van der Waals surface area contributed by atoms with Crippen molar-refractivity contribution >= 4 is 33.1 Å². The molecule has 0 bridgehead atoms. The number of piperidine rings is 1. The van der Waals surface area contributed by atoms with Crippen LogP contribution in [0.3, 0.4) is 0 Å². The molecular formula is C33H31F2N5O3S. The van der Waals surface area contributed by atoms with Crippen LogP contribution in [0, 0.1) is 11.6 Å². The van der Waals surface area contributed by atoms with E-state index >= 15 is 4.39 Å². The molecule has 44 heavy (non-hydrogen) atoms. The Labute approximate surface area is 257 Å². The maximum Gasteiger partial charge on any atom is 0.286 e. The van der Waals surface area contributed by atoms with Gasteiger partial charge in [-0.3, -0.25) is 24.0 Å². The number of fused-ring (bicyclic) bond motifs is 1. The predicted octanol–water partition coefficient (Wildman–Crippen LogP) is 7.14. The molecule has 0 unspecified atom stereocenters. The highest BCUT2D eigenvalue weighted by Gasteiger charge is 2.29. The lowest BCUT2D eigenvalue weighted by molar-refractivity contribution is 0.101. The number of carbonyl (C=O) groups excluding carboxylic acids is 1. The maximum absolute atomic E-state index is 15.2. The fraction of sp³-hybridized carbons (Fsp3) is 0.273. The van der Waals surface area contributed by atoms with Gasteiger partial charge in [-0.05, 0) is 95.1 Å². The Hall–Kier alpha value is -4.48. The number of carbonyl (C=O) groups is 1. The van der Waals surface area contributed by atoms with Gasteiger partial charge in [-0.25, -0.2) is 13.8 Å². The lowest BCUT2D eigenvalue weighted by Gasteiger charge is -2.40. The molecular weight excluding hydrogens is 584 g/mol. The first-order valence-corrected chi connectivity index (χ1v) is 15.1. The molecule has 3 aromatic heterocycles. The summed E-state index contributed by atoms with van der Waals surface area (Å²) in [5, 5.41) is 2.52. The van der Waals surface area contributed by atoms with Crippen molar-refractivity contribution in [2.24, 2.45) is 0 Å². The highest BCUT2D eigenvalue weighted by atomic mass is 32.1. The summed E-state index contributed by atoms with van der Waals surface area (Å²) in [6.07, 6.45) is 6.45. The number of amides is 1. The van der Waals surface area contributed by atoms with Gasteiger partial charge in [-0.1, -0.05) is 0 Å². The molecule has 1 fully saturated rings. The summed E-state index contributed by atoms with van der Waals surface area (Å²) in [5.74, 6) is -1.02. The average molecular weight is 616 g/mol. The van der Waals surface area contributed by atoms with Crippen LogP contribution in [-0.2, 0) is 0 Å². The minimum atomic E-state index is -0.810. The molecule has 0 saturated carbocycles. The van der Waals surface area contributed by atoms with Crippen LogP contribution in [0.15, 0.2) is 78.0 Å². The molecule has 1 saturated heterocycles. The summed E-state index contributed by atoms with van der Waals surface area (Å²) in [7, 11) is 0. The number of hydrogen-bond acceptors (Lipinski definition) is 7. The number of hydrogen-bond donors (Lipinski definition) is 1. The minimum absolute atomic E-state index is 0.0135. The molecule has 1 aliphatic heterocycles. The van der Waals surface area contributed by atoms with Crippen molar-refractivity contribution in [3.05, 3.63) is 106 Å². The second-order valence-corrected chi connectivity index (χ2v) is 12.8. The molecule has 1 N–H and O–H groups in total. The van der Waals surface area contributed by atoms with E-state index in [1.54, 1.807) is 23.6 Å². The van der Waals surface area contributed by atoms with Gasteiger partial charge in [0.15, 0.2) is 17.3 Å². The van der Waals surface area contributed by atoms with Crippen molar-refractivity contribution in [3.63, 3.8) is 0 Å². The lowest BCUT2D eigenvalue weighted by atomic mass is 9.92. The van der Waals surface area contributed by atoms with Crippen LogP contribution in [0.2, 0.25) is 0 Å². The number of thiophene rings is 1. The fourth-order valence-electron chi connectivity index (χ4n) is 5.39. The molecule has 0 spiro atoms. The van der Waals surface area contributed by atoms with Crippen LogP contribution in [0.5, 0.6) is 11.5 Å². The Kier molecular flexibility index (Phi) is 8.00. The zero-order valence-electron chi connectivity index (χ0n) is 24.5. The van der Waals surface area contributed by atoms with Gasteiger partial charge >= 0.3 is 0 Å². The summed E-state index contributed by atoms with van der Waals surface area (Å²) in [6.45, 7) is 8.81.